The molecule has 0 aliphatic carbocycles. The third kappa shape index (κ3) is 5.43. The van der Waals surface area contributed by atoms with Gasteiger partial charge in [-0.05, 0) is 59.7 Å². The Kier molecular flexibility index (Phi) is 6.62. The van der Waals surface area contributed by atoms with Crippen molar-refractivity contribution in [3.05, 3.63) is 143 Å². The van der Waals surface area contributed by atoms with Gasteiger partial charge in [0.05, 0.1) is 0 Å². The van der Waals surface area contributed by atoms with Crippen molar-refractivity contribution in [2.75, 3.05) is 0 Å². The molecule has 5 aromatic rings. The first-order chi connectivity index (χ1) is 17.0. The first-order valence-corrected chi connectivity index (χ1v) is 12.3. The predicted octanol–water partition coefficient (Wildman–Crippen LogP) is 4.98. The van der Waals surface area contributed by atoms with Crippen LogP contribution in [0.1, 0.15) is 38.9 Å². The molecule has 4 nitrogen and oxygen atoms in total. The van der Waals surface area contributed by atoms with Crippen molar-refractivity contribution in [1.82, 2.24) is 9.13 Å². The van der Waals surface area contributed by atoms with E-state index in [0.29, 0.717) is 0 Å². The molecule has 176 valence electrons. The van der Waals surface area contributed by atoms with E-state index in [1.165, 1.54) is 38.9 Å². The van der Waals surface area contributed by atoms with E-state index in [2.05, 4.69) is 143 Å². The highest BCUT2D eigenvalue weighted by Gasteiger charge is 2.17. The summed E-state index contributed by atoms with van der Waals surface area (Å²) in [5.41, 5.74) is 9.58. The summed E-state index contributed by atoms with van der Waals surface area (Å²) in [7, 11) is 0. The Balaban J connectivity index is 1.33. The monoisotopic (exact) mass is 462 g/mol. The van der Waals surface area contributed by atoms with Gasteiger partial charge in [-0.15, -0.1) is 0 Å². The van der Waals surface area contributed by atoms with Gasteiger partial charge in [0.15, 0.2) is 0 Å². The minimum atomic E-state index is 0.881. The molecule has 4 heteroatoms. The highest BCUT2D eigenvalue weighted by Crippen LogP contribution is 2.24. The van der Waals surface area contributed by atoms with Crippen molar-refractivity contribution >= 4 is 0 Å². The lowest BCUT2D eigenvalue weighted by atomic mass is 9.93. The van der Waals surface area contributed by atoms with Crippen molar-refractivity contribution in [3.63, 3.8) is 0 Å². The third-order valence-electron chi connectivity index (χ3n) is 6.88. The molecule has 0 fully saturated rings. The summed E-state index contributed by atoms with van der Waals surface area (Å²) in [6, 6.07) is 23.6. The Bertz CT molecular complexity index is 1310. The summed E-state index contributed by atoms with van der Waals surface area (Å²) in [5.74, 6) is 0. The van der Waals surface area contributed by atoms with Crippen molar-refractivity contribution < 1.29 is 9.13 Å². The standard InChI is InChI=1S/C31H34N4/c1-25-18-26(2)31(22-35-17-15-33(24-35)20-29-12-8-5-9-13-29)27(3)30(25)21-34-16-14-32(23-34)19-28-10-6-4-7-11-28/h4-18,23-24H,19-22H2,1-3H3/q+2. The average molecular weight is 463 g/mol. The van der Waals surface area contributed by atoms with Gasteiger partial charge in [-0.3, -0.25) is 0 Å². The number of hydrogen-bond acceptors (Lipinski definition) is 0. The van der Waals surface area contributed by atoms with Crippen LogP contribution in [0, 0.1) is 20.8 Å². The normalized spacial score (nSPS) is 11.2. The van der Waals surface area contributed by atoms with Crippen LogP contribution in [0.4, 0.5) is 0 Å². The summed E-state index contributed by atoms with van der Waals surface area (Å²) >= 11 is 0. The van der Waals surface area contributed by atoms with Crippen LogP contribution in [-0.2, 0) is 26.2 Å². The van der Waals surface area contributed by atoms with Gasteiger partial charge in [-0.25, -0.2) is 18.3 Å². The van der Waals surface area contributed by atoms with E-state index in [-0.39, 0.29) is 0 Å². The number of aromatic nitrogens is 4. The summed E-state index contributed by atoms with van der Waals surface area (Å²) in [6.07, 6.45) is 13.1. The fraction of sp³-hybridized carbons (Fsp3) is 0.226. The average Bonchev–Trinajstić information content (AvgIpc) is 3.50. The number of nitrogens with zero attached hydrogens (tertiary/aromatic N) is 4. The van der Waals surface area contributed by atoms with Crippen molar-refractivity contribution in [2.24, 2.45) is 0 Å². The number of aryl methyl sites for hydroxylation is 2. The van der Waals surface area contributed by atoms with Crippen LogP contribution in [-0.4, -0.2) is 9.13 Å². The van der Waals surface area contributed by atoms with E-state index < -0.39 is 0 Å². The fourth-order valence-corrected chi connectivity index (χ4v) is 4.96. The van der Waals surface area contributed by atoms with Crippen LogP contribution in [0.2, 0.25) is 0 Å². The molecule has 0 aliphatic rings. The van der Waals surface area contributed by atoms with Crippen molar-refractivity contribution in [2.45, 2.75) is 47.0 Å². The molecule has 0 unspecified atom stereocenters. The Hall–Kier alpha value is -3.92. The van der Waals surface area contributed by atoms with Gasteiger partial charge in [0, 0.05) is 0 Å². The lowest BCUT2D eigenvalue weighted by Gasteiger charge is -2.15. The van der Waals surface area contributed by atoms with E-state index in [0.717, 1.165) is 26.2 Å². The maximum Gasteiger partial charge on any atom is 0.244 e. The molecule has 0 saturated carbocycles. The van der Waals surface area contributed by atoms with Gasteiger partial charge in [0.1, 0.15) is 51.0 Å². The zero-order chi connectivity index (χ0) is 24.2. The minimum absolute atomic E-state index is 0.881. The second-order valence-electron chi connectivity index (χ2n) is 9.58. The van der Waals surface area contributed by atoms with Crippen LogP contribution >= 0.6 is 0 Å². The summed E-state index contributed by atoms with van der Waals surface area (Å²) in [6.45, 7) is 10.3. The third-order valence-corrected chi connectivity index (χ3v) is 6.88. The molecular formula is C31H34N4+2. The molecule has 0 saturated heterocycles. The quantitative estimate of drug-likeness (QED) is 0.289. The lowest BCUT2D eigenvalue weighted by Crippen LogP contribution is -2.31. The molecule has 3 aromatic carbocycles. The maximum atomic E-state index is 2.35. The molecule has 0 bridgehead atoms. The minimum Gasteiger partial charge on any atom is -0.233 e. The molecule has 0 amide bonds. The van der Waals surface area contributed by atoms with Gasteiger partial charge in [-0.1, -0.05) is 66.7 Å². The SMILES string of the molecule is Cc1cc(C)c(Cn2cc[n+](Cc3ccccc3)c2)c(C)c1Cn1cc[n+](Cc2ccccc2)c1. The van der Waals surface area contributed by atoms with E-state index in [1.807, 2.05) is 0 Å². The highest BCUT2D eigenvalue weighted by molar-refractivity contribution is 5.45. The molecule has 0 spiro atoms. The van der Waals surface area contributed by atoms with E-state index in [4.69, 9.17) is 0 Å². The molecule has 2 heterocycles. The predicted molar refractivity (Wildman–Crippen MR) is 139 cm³/mol. The molecule has 35 heavy (non-hydrogen) atoms. The Morgan fingerprint density at radius 1 is 0.600 bits per heavy atom. The van der Waals surface area contributed by atoms with Gasteiger partial charge in [0.2, 0.25) is 12.7 Å². The fourth-order valence-electron chi connectivity index (χ4n) is 4.96. The van der Waals surface area contributed by atoms with Crippen LogP contribution in [0.25, 0.3) is 0 Å². The van der Waals surface area contributed by atoms with E-state index >= 15 is 0 Å². The number of benzene rings is 3. The Morgan fingerprint density at radius 3 is 1.46 bits per heavy atom. The second-order valence-corrected chi connectivity index (χ2v) is 9.58. The molecular weight excluding hydrogens is 428 g/mol. The maximum absolute atomic E-state index is 2.35. The van der Waals surface area contributed by atoms with Gasteiger partial charge in [0.25, 0.3) is 0 Å². The summed E-state index contributed by atoms with van der Waals surface area (Å²) in [5, 5.41) is 0. The summed E-state index contributed by atoms with van der Waals surface area (Å²) < 4.78 is 9.09. The smallest absolute Gasteiger partial charge is 0.233 e. The first kappa shape index (κ1) is 22.9. The molecule has 5 rings (SSSR count). The molecule has 0 atom stereocenters. The Morgan fingerprint density at radius 2 is 1.03 bits per heavy atom. The molecule has 0 aliphatic heterocycles. The lowest BCUT2D eigenvalue weighted by molar-refractivity contribution is -0.688. The van der Waals surface area contributed by atoms with Gasteiger partial charge in [-0.2, -0.15) is 0 Å². The topological polar surface area (TPSA) is 17.6 Å². The van der Waals surface area contributed by atoms with E-state index in [1.54, 1.807) is 0 Å². The second kappa shape index (κ2) is 10.1. The Labute approximate surface area is 208 Å². The van der Waals surface area contributed by atoms with E-state index in [9.17, 15) is 0 Å². The van der Waals surface area contributed by atoms with Crippen molar-refractivity contribution in [1.29, 1.82) is 0 Å². The van der Waals surface area contributed by atoms with Crippen molar-refractivity contribution in [3.8, 4) is 0 Å². The highest BCUT2D eigenvalue weighted by atomic mass is 15.1. The van der Waals surface area contributed by atoms with Crippen LogP contribution in [0.15, 0.2) is 104 Å². The number of hydrogen-bond donors (Lipinski definition) is 0. The number of rotatable bonds is 8. The van der Waals surface area contributed by atoms with Crippen LogP contribution in [0.5, 0.6) is 0 Å². The summed E-state index contributed by atoms with van der Waals surface area (Å²) in [4.78, 5) is 0. The van der Waals surface area contributed by atoms with Crippen LogP contribution < -0.4 is 9.13 Å². The van der Waals surface area contributed by atoms with Crippen LogP contribution in [0.3, 0.4) is 0 Å². The first-order valence-electron chi connectivity index (χ1n) is 12.3. The zero-order valence-corrected chi connectivity index (χ0v) is 20.9. The largest absolute Gasteiger partial charge is 0.244 e. The molecule has 2 aromatic heterocycles. The molecule has 0 radical (unpaired) electrons. The molecule has 0 N–H and O–H groups in total. The van der Waals surface area contributed by atoms with Gasteiger partial charge >= 0.3 is 0 Å². The zero-order valence-electron chi connectivity index (χ0n) is 20.9. The van der Waals surface area contributed by atoms with Gasteiger partial charge < -0.3 is 0 Å². The number of imidazole rings is 2.